The van der Waals surface area contributed by atoms with Crippen LogP contribution in [0.25, 0.3) is 0 Å². The number of piperidine rings is 1. The molecule has 1 atom stereocenters. The zero-order valence-electron chi connectivity index (χ0n) is 11.2. The zero-order valence-corrected chi connectivity index (χ0v) is 12.8. The smallest absolute Gasteiger partial charge is 0.318 e. The molecule has 108 valence electrons. The summed E-state index contributed by atoms with van der Waals surface area (Å²) in [5.41, 5.74) is 0.835. The van der Waals surface area contributed by atoms with Gasteiger partial charge in [-0.15, -0.1) is 12.4 Å². The van der Waals surface area contributed by atoms with E-state index in [-0.39, 0.29) is 12.4 Å². The first-order valence-corrected chi connectivity index (χ1v) is 6.96. The number of nitrogens with one attached hydrogen (secondary N) is 1. The van der Waals surface area contributed by atoms with Crippen molar-refractivity contribution in [2.75, 3.05) is 19.7 Å². The Morgan fingerprint density at radius 3 is 3.00 bits per heavy atom. The van der Waals surface area contributed by atoms with Gasteiger partial charge in [0.1, 0.15) is 5.15 Å². The van der Waals surface area contributed by atoms with E-state index in [9.17, 15) is 0 Å². The van der Waals surface area contributed by atoms with Crippen molar-refractivity contribution in [3.63, 3.8) is 0 Å². The molecule has 1 aliphatic heterocycles. The molecule has 1 aromatic rings. The van der Waals surface area contributed by atoms with Crippen molar-refractivity contribution in [1.29, 1.82) is 0 Å². The molecule has 19 heavy (non-hydrogen) atoms. The first-order chi connectivity index (χ1) is 8.74. The molecule has 0 amide bonds. The molecule has 0 bridgehead atoms. The summed E-state index contributed by atoms with van der Waals surface area (Å²) in [7, 11) is 0. The van der Waals surface area contributed by atoms with Crippen LogP contribution in [0.2, 0.25) is 5.15 Å². The molecule has 0 aromatic carbocycles. The van der Waals surface area contributed by atoms with Crippen LogP contribution >= 0.6 is 24.0 Å². The summed E-state index contributed by atoms with van der Waals surface area (Å²) in [5, 5.41) is 3.86. The van der Waals surface area contributed by atoms with Crippen LogP contribution in [0.4, 0.5) is 0 Å². The second kappa shape index (κ2) is 8.56. The van der Waals surface area contributed by atoms with Crippen molar-refractivity contribution in [2.24, 2.45) is 5.92 Å². The molecular formula is C13H21Cl2N3O. The van der Waals surface area contributed by atoms with E-state index in [1.54, 1.807) is 6.07 Å². The molecule has 2 rings (SSSR count). The second-order valence-electron chi connectivity index (χ2n) is 4.82. The highest BCUT2D eigenvalue weighted by molar-refractivity contribution is 6.29. The molecule has 1 N–H and O–H groups in total. The number of nitrogens with zero attached hydrogens (tertiary/aromatic N) is 2. The van der Waals surface area contributed by atoms with Crippen molar-refractivity contribution in [3.8, 4) is 6.01 Å². The van der Waals surface area contributed by atoms with Gasteiger partial charge in [0.05, 0.1) is 6.61 Å². The Balaban J connectivity index is 0.00000180. The number of ether oxygens (including phenoxy) is 1. The molecule has 0 spiro atoms. The molecular weight excluding hydrogens is 285 g/mol. The topological polar surface area (TPSA) is 47.0 Å². The fourth-order valence-electron chi connectivity index (χ4n) is 2.27. The van der Waals surface area contributed by atoms with Crippen LogP contribution in [-0.2, 0) is 0 Å². The highest BCUT2D eigenvalue weighted by Gasteiger charge is 2.12. The molecule has 0 saturated carbocycles. The average Bonchev–Trinajstić information content (AvgIpc) is 2.35. The van der Waals surface area contributed by atoms with Gasteiger partial charge < -0.3 is 10.1 Å². The van der Waals surface area contributed by atoms with E-state index in [0.717, 1.165) is 24.6 Å². The summed E-state index contributed by atoms with van der Waals surface area (Å²) in [4.78, 5) is 8.23. The van der Waals surface area contributed by atoms with Crippen LogP contribution in [0, 0.1) is 12.8 Å². The van der Waals surface area contributed by atoms with E-state index < -0.39 is 0 Å². The third kappa shape index (κ3) is 5.93. The maximum Gasteiger partial charge on any atom is 0.318 e. The van der Waals surface area contributed by atoms with E-state index >= 15 is 0 Å². The summed E-state index contributed by atoms with van der Waals surface area (Å²) in [6, 6.07) is 2.11. The summed E-state index contributed by atoms with van der Waals surface area (Å²) in [6.07, 6.45) is 4.87. The first kappa shape index (κ1) is 16.5. The molecule has 0 radical (unpaired) electrons. The molecule has 1 fully saturated rings. The quantitative estimate of drug-likeness (QED) is 0.671. The Morgan fingerprint density at radius 2 is 2.32 bits per heavy atom. The minimum absolute atomic E-state index is 0. The molecule has 1 saturated heterocycles. The largest absolute Gasteiger partial charge is 0.463 e. The highest BCUT2D eigenvalue weighted by atomic mass is 35.5. The van der Waals surface area contributed by atoms with Gasteiger partial charge in [0.25, 0.3) is 0 Å². The average molecular weight is 306 g/mol. The van der Waals surface area contributed by atoms with Gasteiger partial charge in [0, 0.05) is 5.69 Å². The summed E-state index contributed by atoms with van der Waals surface area (Å²) >= 11 is 5.85. The zero-order chi connectivity index (χ0) is 12.8. The van der Waals surface area contributed by atoms with Gasteiger partial charge in [-0.1, -0.05) is 11.6 Å². The lowest BCUT2D eigenvalue weighted by Crippen LogP contribution is -2.29. The lowest BCUT2D eigenvalue weighted by molar-refractivity contribution is 0.259. The van der Waals surface area contributed by atoms with Gasteiger partial charge in [-0.2, -0.15) is 4.98 Å². The number of aryl methyl sites for hydroxylation is 1. The van der Waals surface area contributed by atoms with E-state index in [2.05, 4.69) is 15.3 Å². The number of hydrogen-bond donors (Lipinski definition) is 1. The minimum Gasteiger partial charge on any atom is -0.463 e. The van der Waals surface area contributed by atoms with Crippen molar-refractivity contribution in [2.45, 2.75) is 32.6 Å². The normalized spacial score (nSPS) is 18.7. The van der Waals surface area contributed by atoms with Crippen molar-refractivity contribution in [1.82, 2.24) is 15.3 Å². The number of aromatic nitrogens is 2. The van der Waals surface area contributed by atoms with E-state index in [4.69, 9.17) is 16.3 Å². The van der Waals surface area contributed by atoms with Crippen molar-refractivity contribution in [3.05, 3.63) is 16.9 Å². The number of hydrogen-bond acceptors (Lipinski definition) is 4. The van der Waals surface area contributed by atoms with E-state index in [1.807, 2.05) is 6.92 Å². The van der Waals surface area contributed by atoms with Crippen LogP contribution in [0.3, 0.4) is 0 Å². The second-order valence-corrected chi connectivity index (χ2v) is 5.20. The first-order valence-electron chi connectivity index (χ1n) is 6.59. The van der Waals surface area contributed by atoms with Crippen LogP contribution in [0.5, 0.6) is 6.01 Å². The van der Waals surface area contributed by atoms with Gasteiger partial charge in [-0.25, -0.2) is 4.98 Å². The molecule has 1 aromatic heterocycles. The van der Waals surface area contributed by atoms with Crippen LogP contribution in [0.1, 0.15) is 31.4 Å². The van der Waals surface area contributed by atoms with E-state index in [0.29, 0.717) is 17.8 Å². The predicted octanol–water partition coefficient (Wildman–Crippen LogP) is 3.02. The maximum atomic E-state index is 5.85. The van der Waals surface area contributed by atoms with Crippen LogP contribution < -0.4 is 10.1 Å². The van der Waals surface area contributed by atoms with Gasteiger partial charge in [0.2, 0.25) is 0 Å². The van der Waals surface area contributed by atoms with Crippen LogP contribution in [-0.4, -0.2) is 29.7 Å². The monoisotopic (exact) mass is 305 g/mol. The van der Waals surface area contributed by atoms with Gasteiger partial charge in [-0.3, -0.25) is 0 Å². The third-order valence-corrected chi connectivity index (χ3v) is 3.38. The number of rotatable bonds is 5. The van der Waals surface area contributed by atoms with Crippen molar-refractivity contribution < 1.29 is 4.74 Å². The fraction of sp³-hybridized carbons (Fsp3) is 0.692. The molecule has 2 heterocycles. The standard InChI is InChI=1S/C13H20ClN3O.ClH/c1-10-8-12(14)17-13(16-10)18-7-3-5-11-4-2-6-15-9-11;/h8,11,15H,2-7,9H2,1H3;1H. The van der Waals surface area contributed by atoms with Crippen LogP contribution in [0.15, 0.2) is 6.07 Å². The summed E-state index contributed by atoms with van der Waals surface area (Å²) in [5.74, 6) is 0.796. The fourth-order valence-corrected chi connectivity index (χ4v) is 2.50. The van der Waals surface area contributed by atoms with E-state index in [1.165, 1.54) is 25.8 Å². The predicted molar refractivity (Wildman–Crippen MR) is 79.3 cm³/mol. The van der Waals surface area contributed by atoms with Gasteiger partial charge >= 0.3 is 6.01 Å². The highest BCUT2D eigenvalue weighted by Crippen LogP contribution is 2.16. The Hall–Kier alpha value is -0.580. The molecule has 0 aliphatic carbocycles. The Morgan fingerprint density at radius 1 is 1.47 bits per heavy atom. The Bertz CT molecular complexity index is 364. The summed E-state index contributed by atoms with van der Waals surface area (Å²) in [6.45, 7) is 4.86. The maximum absolute atomic E-state index is 5.85. The lowest BCUT2D eigenvalue weighted by atomic mass is 9.95. The number of halogens is 2. The van der Waals surface area contributed by atoms with Crippen molar-refractivity contribution >= 4 is 24.0 Å². The molecule has 6 heteroatoms. The Labute approximate surface area is 125 Å². The lowest BCUT2D eigenvalue weighted by Gasteiger charge is -2.22. The van der Waals surface area contributed by atoms with Gasteiger partial charge in [0.15, 0.2) is 0 Å². The third-order valence-electron chi connectivity index (χ3n) is 3.19. The molecule has 4 nitrogen and oxygen atoms in total. The minimum atomic E-state index is 0. The summed E-state index contributed by atoms with van der Waals surface area (Å²) < 4.78 is 5.53. The molecule has 1 aliphatic rings. The molecule has 1 unspecified atom stereocenters. The van der Waals surface area contributed by atoms with Gasteiger partial charge in [-0.05, 0) is 57.7 Å². The SMILES string of the molecule is Cc1cc(Cl)nc(OCCCC2CCCNC2)n1.Cl. The Kier molecular flexibility index (Phi) is 7.42.